The van der Waals surface area contributed by atoms with Crippen molar-refractivity contribution in [1.29, 1.82) is 0 Å². The van der Waals surface area contributed by atoms with Gasteiger partial charge in [-0.15, -0.1) is 0 Å². The van der Waals surface area contributed by atoms with E-state index in [2.05, 4.69) is 37.1 Å². The van der Waals surface area contributed by atoms with Crippen LogP contribution in [0.15, 0.2) is 24.3 Å². The largest absolute Gasteiger partial charge is 0.490 e. The Bertz CT molecular complexity index is 569. The summed E-state index contributed by atoms with van der Waals surface area (Å²) >= 11 is 0. The quantitative estimate of drug-likeness (QED) is 0.777. The number of nitrogens with two attached hydrogens (primary N) is 1. The minimum atomic E-state index is -0.468. The smallest absolute Gasteiger partial charge is 0.137 e. The minimum Gasteiger partial charge on any atom is -0.490 e. The molecule has 0 aliphatic rings. The molecular formula is C16H25N2O2+. The molecule has 0 aliphatic carbocycles. The number of aliphatic hydroxyl groups is 1. The lowest BCUT2D eigenvalue weighted by molar-refractivity contribution is -0.722. The predicted octanol–water partition coefficient (Wildman–Crippen LogP) is 1.58. The van der Waals surface area contributed by atoms with Crippen molar-refractivity contribution in [2.75, 3.05) is 13.2 Å². The fourth-order valence-corrected chi connectivity index (χ4v) is 2.14. The number of nitrogens with one attached hydrogen (secondary N) is 1. The van der Waals surface area contributed by atoms with Crippen molar-refractivity contribution < 1.29 is 15.2 Å². The van der Waals surface area contributed by atoms with Gasteiger partial charge in [-0.05, 0) is 45.9 Å². The Morgan fingerprint density at radius 2 is 2.10 bits per heavy atom. The zero-order valence-electron chi connectivity index (χ0n) is 12.7. The maximum atomic E-state index is 9.99. The molecule has 0 bridgehead atoms. The van der Waals surface area contributed by atoms with E-state index in [-0.39, 0.29) is 5.54 Å². The fraction of sp³-hybridized carbons (Fsp3) is 0.500. The van der Waals surface area contributed by atoms with Crippen molar-refractivity contribution in [2.24, 2.45) is 0 Å². The van der Waals surface area contributed by atoms with Crippen LogP contribution in [0.5, 0.6) is 5.75 Å². The van der Waals surface area contributed by atoms with Crippen molar-refractivity contribution >= 4 is 10.9 Å². The van der Waals surface area contributed by atoms with Crippen LogP contribution in [0.1, 0.15) is 26.5 Å². The van der Waals surface area contributed by atoms with Gasteiger partial charge in [0.15, 0.2) is 0 Å². The lowest BCUT2D eigenvalue weighted by Gasteiger charge is -2.19. The van der Waals surface area contributed by atoms with E-state index >= 15 is 0 Å². The van der Waals surface area contributed by atoms with Gasteiger partial charge in [-0.25, -0.2) is 0 Å². The maximum absolute atomic E-state index is 9.99. The van der Waals surface area contributed by atoms with Crippen LogP contribution in [-0.2, 0) is 0 Å². The van der Waals surface area contributed by atoms with E-state index in [1.54, 1.807) is 0 Å². The second kappa shape index (κ2) is 5.85. The fourth-order valence-electron chi connectivity index (χ4n) is 2.14. The number of aryl methyl sites for hydroxylation is 1. The SMILES string of the molecule is Cc1cc2c(OC[C@H](O)C[NH2+]C(C)(C)C)cccc2[nH]1. The second-order valence-corrected chi connectivity index (χ2v) is 6.44. The molecule has 1 heterocycles. The molecule has 0 spiro atoms. The van der Waals surface area contributed by atoms with Gasteiger partial charge in [-0.2, -0.15) is 0 Å². The number of aromatic amines is 1. The predicted molar refractivity (Wildman–Crippen MR) is 81.1 cm³/mol. The molecule has 0 saturated heterocycles. The van der Waals surface area contributed by atoms with Gasteiger partial charge in [0.05, 0.1) is 5.54 Å². The van der Waals surface area contributed by atoms with Gasteiger partial charge < -0.3 is 20.1 Å². The molecule has 110 valence electrons. The number of ether oxygens (including phenoxy) is 1. The number of hydrogen-bond donors (Lipinski definition) is 3. The molecule has 0 amide bonds. The van der Waals surface area contributed by atoms with Crippen LogP contribution in [0.4, 0.5) is 0 Å². The number of rotatable bonds is 5. The summed E-state index contributed by atoms with van der Waals surface area (Å²) < 4.78 is 5.77. The molecule has 4 N–H and O–H groups in total. The van der Waals surface area contributed by atoms with Crippen molar-refractivity contribution in [3.63, 3.8) is 0 Å². The first-order valence-corrected chi connectivity index (χ1v) is 7.09. The Morgan fingerprint density at radius 3 is 2.80 bits per heavy atom. The van der Waals surface area contributed by atoms with E-state index in [1.807, 2.05) is 25.1 Å². The third-order valence-corrected chi connectivity index (χ3v) is 3.19. The zero-order chi connectivity index (χ0) is 14.8. The van der Waals surface area contributed by atoms with E-state index in [4.69, 9.17) is 4.74 Å². The van der Waals surface area contributed by atoms with Crippen LogP contribution >= 0.6 is 0 Å². The topological polar surface area (TPSA) is 61.9 Å². The molecule has 1 aromatic heterocycles. The summed E-state index contributed by atoms with van der Waals surface area (Å²) in [7, 11) is 0. The van der Waals surface area contributed by atoms with Crippen LogP contribution in [0.3, 0.4) is 0 Å². The number of aliphatic hydroxyl groups excluding tert-OH is 1. The highest BCUT2D eigenvalue weighted by molar-refractivity contribution is 5.86. The maximum Gasteiger partial charge on any atom is 0.137 e. The van der Waals surface area contributed by atoms with Crippen LogP contribution < -0.4 is 10.1 Å². The average molecular weight is 277 g/mol. The van der Waals surface area contributed by atoms with Gasteiger partial charge in [0.1, 0.15) is 25.0 Å². The summed E-state index contributed by atoms with van der Waals surface area (Å²) in [5, 5.41) is 13.2. The number of aromatic nitrogens is 1. The number of quaternary nitrogens is 1. The van der Waals surface area contributed by atoms with Crippen molar-refractivity contribution in [1.82, 2.24) is 4.98 Å². The lowest BCUT2D eigenvalue weighted by Crippen LogP contribution is -2.96. The molecule has 1 atom stereocenters. The standard InChI is InChI=1S/C16H24N2O2/c1-11-8-13-14(18-11)6-5-7-15(13)20-10-12(19)9-17-16(2,3)4/h5-8,12,17-19H,9-10H2,1-4H3/p+1/t12-/m1/s1. The first-order valence-electron chi connectivity index (χ1n) is 7.09. The Kier molecular flexibility index (Phi) is 4.35. The second-order valence-electron chi connectivity index (χ2n) is 6.44. The molecule has 4 nitrogen and oxygen atoms in total. The third-order valence-electron chi connectivity index (χ3n) is 3.19. The first-order chi connectivity index (χ1) is 9.35. The van der Waals surface area contributed by atoms with Gasteiger partial charge in [0.25, 0.3) is 0 Å². The lowest BCUT2D eigenvalue weighted by atomic mass is 10.1. The molecule has 2 aromatic rings. The van der Waals surface area contributed by atoms with Gasteiger partial charge in [-0.3, -0.25) is 0 Å². The van der Waals surface area contributed by atoms with Crippen molar-refractivity contribution in [3.8, 4) is 5.75 Å². The summed E-state index contributed by atoms with van der Waals surface area (Å²) in [6, 6.07) is 7.99. The molecule has 20 heavy (non-hydrogen) atoms. The van der Waals surface area contributed by atoms with E-state index in [9.17, 15) is 5.11 Å². The number of H-pyrrole nitrogens is 1. The molecule has 4 heteroatoms. The Labute approximate surface area is 120 Å². The molecular weight excluding hydrogens is 252 g/mol. The van der Waals surface area contributed by atoms with Crippen LogP contribution in [0, 0.1) is 6.92 Å². The highest BCUT2D eigenvalue weighted by Crippen LogP contribution is 2.26. The summed E-state index contributed by atoms with van der Waals surface area (Å²) in [4.78, 5) is 3.28. The van der Waals surface area contributed by atoms with E-state index < -0.39 is 6.10 Å². The first kappa shape index (κ1) is 14.9. The Morgan fingerprint density at radius 1 is 1.35 bits per heavy atom. The van der Waals surface area contributed by atoms with E-state index in [0.717, 1.165) is 22.3 Å². The molecule has 2 rings (SSSR count). The van der Waals surface area contributed by atoms with Gasteiger partial charge >= 0.3 is 0 Å². The highest BCUT2D eigenvalue weighted by atomic mass is 16.5. The third kappa shape index (κ3) is 3.99. The van der Waals surface area contributed by atoms with Gasteiger partial charge in [0.2, 0.25) is 0 Å². The van der Waals surface area contributed by atoms with Crippen LogP contribution in [-0.4, -0.2) is 34.9 Å². The van der Waals surface area contributed by atoms with E-state index in [0.29, 0.717) is 13.2 Å². The Hall–Kier alpha value is -1.52. The van der Waals surface area contributed by atoms with Gasteiger partial charge in [-0.1, -0.05) is 6.07 Å². The normalized spacial score (nSPS) is 13.7. The number of hydrogen-bond acceptors (Lipinski definition) is 2. The zero-order valence-corrected chi connectivity index (χ0v) is 12.7. The number of benzene rings is 1. The van der Waals surface area contributed by atoms with Crippen LogP contribution in [0.2, 0.25) is 0 Å². The van der Waals surface area contributed by atoms with E-state index in [1.165, 1.54) is 0 Å². The molecule has 0 unspecified atom stereocenters. The Balaban J connectivity index is 1.95. The molecule has 0 saturated carbocycles. The summed E-state index contributed by atoms with van der Waals surface area (Å²) in [5.41, 5.74) is 2.30. The molecule has 0 aliphatic heterocycles. The molecule has 0 fully saturated rings. The summed E-state index contributed by atoms with van der Waals surface area (Å²) in [5.74, 6) is 0.821. The minimum absolute atomic E-state index is 0.124. The highest BCUT2D eigenvalue weighted by Gasteiger charge is 2.16. The average Bonchev–Trinajstić information content (AvgIpc) is 2.73. The monoisotopic (exact) mass is 277 g/mol. The number of fused-ring (bicyclic) bond motifs is 1. The van der Waals surface area contributed by atoms with Crippen LogP contribution in [0.25, 0.3) is 10.9 Å². The molecule has 0 radical (unpaired) electrons. The van der Waals surface area contributed by atoms with Crippen molar-refractivity contribution in [3.05, 3.63) is 30.0 Å². The summed E-state index contributed by atoms with van der Waals surface area (Å²) in [6.07, 6.45) is -0.468. The van der Waals surface area contributed by atoms with Crippen molar-refractivity contribution in [2.45, 2.75) is 39.3 Å². The molecule has 1 aromatic carbocycles. The summed E-state index contributed by atoms with van der Waals surface area (Å²) in [6.45, 7) is 9.37. The van der Waals surface area contributed by atoms with Gasteiger partial charge in [0, 0.05) is 16.6 Å².